The zero-order valence-electron chi connectivity index (χ0n) is 11.5. The van der Waals surface area contributed by atoms with E-state index in [2.05, 4.69) is 42.1 Å². The van der Waals surface area contributed by atoms with Crippen LogP contribution in [0.25, 0.3) is 0 Å². The van der Waals surface area contributed by atoms with E-state index in [0.29, 0.717) is 5.92 Å². The fourth-order valence-electron chi connectivity index (χ4n) is 2.52. The second-order valence-electron chi connectivity index (χ2n) is 5.66. The predicted octanol–water partition coefficient (Wildman–Crippen LogP) is 3.43. The normalized spacial score (nSPS) is 21.8. The van der Waals surface area contributed by atoms with Gasteiger partial charge in [-0.2, -0.15) is 0 Å². The van der Waals surface area contributed by atoms with E-state index < -0.39 is 0 Å². The van der Waals surface area contributed by atoms with Crippen LogP contribution in [0, 0.1) is 5.92 Å². The van der Waals surface area contributed by atoms with Crippen molar-refractivity contribution in [1.29, 1.82) is 0 Å². The average molecular weight is 256 g/mol. The van der Waals surface area contributed by atoms with Gasteiger partial charge in [-0.1, -0.05) is 13.0 Å². The van der Waals surface area contributed by atoms with Crippen LogP contribution in [0.4, 0.5) is 0 Å². The first-order valence-corrected chi connectivity index (χ1v) is 6.88. The Morgan fingerprint density at radius 3 is 2.84 bits per heavy atom. The van der Waals surface area contributed by atoms with Crippen LogP contribution in [0.15, 0.2) is 41.1 Å². The zero-order chi connectivity index (χ0) is 13.2. The molecular formula is C16H20N2O. The van der Waals surface area contributed by atoms with E-state index in [1.165, 1.54) is 12.0 Å². The molecule has 0 aromatic carbocycles. The molecule has 0 saturated heterocycles. The molecule has 3 heteroatoms. The van der Waals surface area contributed by atoms with Gasteiger partial charge in [0.25, 0.3) is 0 Å². The van der Waals surface area contributed by atoms with E-state index in [1.54, 1.807) is 6.20 Å². The van der Waals surface area contributed by atoms with E-state index in [-0.39, 0.29) is 0 Å². The van der Waals surface area contributed by atoms with Crippen molar-refractivity contribution >= 4 is 0 Å². The number of nitrogens with zero attached hydrogens (tertiary/aromatic N) is 2. The summed E-state index contributed by atoms with van der Waals surface area (Å²) in [5.74, 6) is 3.68. The number of pyridine rings is 1. The molecule has 1 aliphatic carbocycles. The van der Waals surface area contributed by atoms with Crippen molar-refractivity contribution in [3.63, 3.8) is 0 Å². The van der Waals surface area contributed by atoms with Gasteiger partial charge in [-0.3, -0.25) is 9.88 Å². The summed E-state index contributed by atoms with van der Waals surface area (Å²) in [5, 5.41) is 0. The molecule has 0 amide bonds. The molecule has 1 aliphatic rings. The monoisotopic (exact) mass is 256 g/mol. The fraction of sp³-hybridized carbons (Fsp3) is 0.438. The number of rotatable bonds is 5. The summed E-state index contributed by atoms with van der Waals surface area (Å²) in [7, 11) is 2.11. The van der Waals surface area contributed by atoms with Gasteiger partial charge in [-0.25, -0.2) is 0 Å². The largest absolute Gasteiger partial charge is 0.464 e. The quantitative estimate of drug-likeness (QED) is 0.820. The molecule has 3 rings (SSSR count). The van der Waals surface area contributed by atoms with Crippen molar-refractivity contribution < 1.29 is 4.42 Å². The molecule has 2 heterocycles. The van der Waals surface area contributed by atoms with Crippen molar-refractivity contribution in [1.82, 2.24) is 9.88 Å². The zero-order valence-corrected chi connectivity index (χ0v) is 11.5. The van der Waals surface area contributed by atoms with Gasteiger partial charge in [0.2, 0.25) is 0 Å². The average Bonchev–Trinajstić information content (AvgIpc) is 2.95. The maximum absolute atomic E-state index is 5.93. The maximum Gasteiger partial charge on any atom is 0.118 e. The lowest BCUT2D eigenvalue weighted by Gasteiger charge is -2.14. The second kappa shape index (κ2) is 5.17. The van der Waals surface area contributed by atoms with Crippen LogP contribution in [0.5, 0.6) is 0 Å². The number of furan rings is 1. The lowest BCUT2D eigenvalue weighted by molar-refractivity contribution is 0.283. The van der Waals surface area contributed by atoms with E-state index in [0.717, 1.165) is 30.5 Å². The first kappa shape index (κ1) is 12.4. The Kier molecular flexibility index (Phi) is 3.38. The summed E-state index contributed by atoms with van der Waals surface area (Å²) in [6, 6.07) is 8.33. The third kappa shape index (κ3) is 3.04. The molecule has 2 atom stereocenters. The van der Waals surface area contributed by atoms with Gasteiger partial charge in [-0.05, 0) is 43.1 Å². The number of hydrogen-bond donors (Lipinski definition) is 0. The lowest BCUT2D eigenvalue weighted by Crippen LogP contribution is -2.16. The summed E-state index contributed by atoms with van der Waals surface area (Å²) in [6.45, 7) is 4.01. The highest BCUT2D eigenvalue weighted by atomic mass is 16.3. The van der Waals surface area contributed by atoms with Crippen LogP contribution < -0.4 is 0 Å². The number of hydrogen-bond acceptors (Lipinski definition) is 3. The van der Waals surface area contributed by atoms with Crippen molar-refractivity contribution in [2.45, 2.75) is 32.4 Å². The summed E-state index contributed by atoms with van der Waals surface area (Å²) >= 11 is 0. The Balaban J connectivity index is 1.57. The van der Waals surface area contributed by atoms with Gasteiger partial charge < -0.3 is 4.42 Å². The Morgan fingerprint density at radius 2 is 2.16 bits per heavy atom. The SMILES string of the molecule is C[C@@H]1C[C@@H]1c1ccc(CN(C)Cc2cccnc2)o1. The van der Waals surface area contributed by atoms with E-state index >= 15 is 0 Å². The highest BCUT2D eigenvalue weighted by molar-refractivity contribution is 5.17. The van der Waals surface area contributed by atoms with Crippen molar-refractivity contribution in [3.8, 4) is 0 Å². The van der Waals surface area contributed by atoms with Crippen molar-refractivity contribution in [3.05, 3.63) is 53.7 Å². The molecule has 100 valence electrons. The first-order valence-electron chi connectivity index (χ1n) is 6.88. The van der Waals surface area contributed by atoms with Crippen LogP contribution in [0.3, 0.4) is 0 Å². The number of aromatic nitrogens is 1. The maximum atomic E-state index is 5.93. The van der Waals surface area contributed by atoms with Crippen LogP contribution in [-0.2, 0) is 13.1 Å². The van der Waals surface area contributed by atoms with Gasteiger partial charge >= 0.3 is 0 Å². The van der Waals surface area contributed by atoms with Crippen molar-refractivity contribution in [2.75, 3.05) is 7.05 Å². The molecular weight excluding hydrogens is 236 g/mol. The van der Waals surface area contributed by atoms with Gasteiger partial charge in [0, 0.05) is 24.9 Å². The van der Waals surface area contributed by atoms with Crippen LogP contribution in [-0.4, -0.2) is 16.9 Å². The van der Waals surface area contributed by atoms with Gasteiger partial charge in [0.1, 0.15) is 11.5 Å². The topological polar surface area (TPSA) is 29.3 Å². The highest BCUT2D eigenvalue weighted by Gasteiger charge is 2.36. The standard InChI is InChI=1S/C16H20N2O/c1-12-8-15(12)16-6-5-14(19-16)11-18(2)10-13-4-3-7-17-9-13/h3-7,9,12,15H,8,10-11H2,1-2H3/t12-,15+/m1/s1. The van der Waals surface area contributed by atoms with Gasteiger partial charge in [0.05, 0.1) is 6.54 Å². The fourth-order valence-corrected chi connectivity index (χ4v) is 2.52. The Hall–Kier alpha value is -1.61. The minimum atomic E-state index is 0.664. The molecule has 0 aliphatic heterocycles. The molecule has 2 aromatic rings. The van der Waals surface area contributed by atoms with Crippen molar-refractivity contribution in [2.24, 2.45) is 5.92 Å². The summed E-state index contributed by atoms with van der Waals surface area (Å²) < 4.78 is 5.93. The van der Waals surface area contributed by atoms with Gasteiger partial charge in [-0.15, -0.1) is 0 Å². The third-order valence-electron chi connectivity index (χ3n) is 3.76. The molecule has 0 N–H and O–H groups in total. The Labute approximate surface area is 114 Å². The van der Waals surface area contributed by atoms with E-state index in [1.807, 2.05) is 12.3 Å². The van der Waals surface area contributed by atoms with E-state index in [4.69, 9.17) is 4.42 Å². The molecule has 1 fully saturated rings. The third-order valence-corrected chi connectivity index (χ3v) is 3.76. The molecule has 0 bridgehead atoms. The summed E-state index contributed by atoms with van der Waals surface area (Å²) in [4.78, 5) is 6.38. The minimum Gasteiger partial charge on any atom is -0.464 e. The first-order chi connectivity index (χ1) is 9.22. The Morgan fingerprint density at radius 1 is 1.32 bits per heavy atom. The Bertz CT molecular complexity index is 535. The smallest absolute Gasteiger partial charge is 0.118 e. The molecule has 0 spiro atoms. The molecule has 19 heavy (non-hydrogen) atoms. The van der Waals surface area contributed by atoms with Crippen LogP contribution in [0.1, 0.15) is 36.3 Å². The molecule has 0 radical (unpaired) electrons. The minimum absolute atomic E-state index is 0.664. The van der Waals surface area contributed by atoms with Gasteiger partial charge in [0.15, 0.2) is 0 Å². The second-order valence-corrected chi connectivity index (χ2v) is 5.66. The lowest BCUT2D eigenvalue weighted by atomic mass is 10.2. The van der Waals surface area contributed by atoms with Crippen LogP contribution >= 0.6 is 0 Å². The summed E-state index contributed by atoms with van der Waals surface area (Å²) in [6.07, 6.45) is 4.99. The molecule has 0 unspecified atom stereocenters. The predicted molar refractivity (Wildman–Crippen MR) is 74.6 cm³/mol. The van der Waals surface area contributed by atoms with Crippen LogP contribution in [0.2, 0.25) is 0 Å². The molecule has 3 nitrogen and oxygen atoms in total. The molecule has 1 saturated carbocycles. The van der Waals surface area contributed by atoms with E-state index in [9.17, 15) is 0 Å². The summed E-state index contributed by atoms with van der Waals surface area (Å²) in [5.41, 5.74) is 1.23. The molecule has 2 aromatic heterocycles. The highest BCUT2D eigenvalue weighted by Crippen LogP contribution is 2.47.